The van der Waals surface area contributed by atoms with E-state index < -0.39 is 0 Å². The van der Waals surface area contributed by atoms with Crippen LogP contribution in [0.1, 0.15) is 31.2 Å². The van der Waals surface area contributed by atoms with E-state index in [9.17, 15) is 9.18 Å². The fourth-order valence-electron chi connectivity index (χ4n) is 2.88. The van der Waals surface area contributed by atoms with Gasteiger partial charge < -0.3 is 15.4 Å². The molecule has 1 atom stereocenters. The van der Waals surface area contributed by atoms with Gasteiger partial charge in [-0.05, 0) is 43.4 Å². The van der Waals surface area contributed by atoms with Crippen LogP contribution in [-0.2, 0) is 10.2 Å². The van der Waals surface area contributed by atoms with Crippen molar-refractivity contribution in [3.8, 4) is 0 Å². The van der Waals surface area contributed by atoms with Crippen molar-refractivity contribution in [3.05, 3.63) is 35.6 Å². The van der Waals surface area contributed by atoms with Gasteiger partial charge in [-0.25, -0.2) is 9.18 Å². The summed E-state index contributed by atoms with van der Waals surface area (Å²) in [6, 6.07) is 6.62. The molecule has 1 saturated heterocycles. The van der Waals surface area contributed by atoms with Crippen LogP contribution >= 0.6 is 0 Å². The molecule has 0 aromatic heterocycles. The van der Waals surface area contributed by atoms with Crippen LogP contribution in [0, 0.1) is 5.82 Å². The number of carbonyl (C=O) groups excluding carboxylic acids is 1. The Morgan fingerprint density at radius 3 is 2.95 bits per heavy atom. The van der Waals surface area contributed by atoms with Gasteiger partial charge in [0, 0.05) is 18.6 Å². The van der Waals surface area contributed by atoms with Gasteiger partial charge in [0.15, 0.2) is 0 Å². The molecule has 0 spiro atoms. The molecule has 1 aromatic rings. The quantitative estimate of drug-likeness (QED) is 0.895. The predicted octanol–water partition coefficient (Wildman–Crippen LogP) is 2.34. The number of nitrogens with one attached hydrogen (secondary N) is 2. The van der Waals surface area contributed by atoms with Crippen LogP contribution in [-0.4, -0.2) is 31.8 Å². The maximum absolute atomic E-state index is 13.3. The van der Waals surface area contributed by atoms with Crippen LogP contribution in [0.15, 0.2) is 24.3 Å². The fourth-order valence-corrected chi connectivity index (χ4v) is 2.88. The van der Waals surface area contributed by atoms with Crippen molar-refractivity contribution < 1.29 is 13.9 Å². The first kappa shape index (κ1) is 14.3. The number of urea groups is 1. The molecule has 5 heteroatoms. The van der Waals surface area contributed by atoms with Gasteiger partial charge in [0.1, 0.15) is 5.82 Å². The van der Waals surface area contributed by atoms with E-state index in [0.29, 0.717) is 13.2 Å². The molecule has 0 radical (unpaired) electrons. The van der Waals surface area contributed by atoms with E-state index in [4.69, 9.17) is 4.74 Å². The number of amides is 2. The second-order valence-corrected chi connectivity index (χ2v) is 6.03. The van der Waals surface area contributed by atoms with Gasteiger partial charge in [-0.3, -0.25) is 0 Å². The highest BCUT2D eigenvalue weighted by molar-refractivity contribution is 5.74. The standard InChI is InChI=1S/C16H21FN2O2/c17-13-4-1-3-12(9-13)16(6-7-16)11-18-15(20)19-14-5-2-8-21-10-14/h1,3-4,9,14H,2,5-8,10-11H2,(H2,18,19,20). The van der Waals surface area contributed by atoms with Crippen molar-refractivity contribution in [2.24, 2.45) is 0 Å². The first-order valence-corrected chi connectivity index (χ1v) is 7.56. The SMILES string of the molecule is O=C(NCC1(c2cccc(F)c2)CC1)NC1CCCOC1. The molecule has 2 amide bonds. The molecule has 4 nitrogen and oxygen atoms in total. The molecule has 2 fully saturated rings. The van der Waals surface area contributed by atoms with E-state index in [-0.39, 0.29) is 23.3 Å². The summed E-state index contributed by atoms with van der Waals surface area (Å²) in [6.45, 7) is 1.92. The minimum Gasteiger partial charge on any atom is -0.379 e. The van der Waals surface area contributed by atoms with Crippen LogP contribution in [0.3, 0.4) is 0 Å². The molecule has 1 heterocycles. The van der Waals surface area contributed by atoms with Crippen LogP contribution < -0.4 is 10.6 Å². The molecule has 0 bridgehead atoms. The second-order valence-electron chi connectivity index (χ2n) is 6.03. The van der Waals surface area contributed by atoms with Gasteiger partial charge in [0.2, 0.25) is 0 Å². The van der Waals surface area contributed by atoms with Gasteiger partial charge in [0.25, 0.3) is 0 Å². The Kier molecular flexibility index (Phi) is 4.10. The smallest absolute Gasteiger partial charge is 0.315 e. The summed E-state index contributed by atoms with van der Waals surface area (Å²) in [7, 11) is 0. The Balaban J connectivity index is 1.51. The molecule has 1 aliphatic carbocycles. The third-order valence-electron chi connectivity index (χ3n) is 4.37. The van der Waals surface area contributed by atoms with Crippen molar-refractivity contribution in [2.75, 3.05) is 19.8 Å². The summed E-state index contributed by atoms with van der Waals surface area (Å²) in [4.78, 5) is 11.9. The number of hydrogen-bond acceptors (Lipinski definition) is 2. The monoisotopic (exact) mass is 292 g/mol. The Bertz CT molecular complexity index is 511. The van der Waals surface area contributed by atoms with E-state index in [1.54, 1.807) is 12.1 Å². The van der Waals surface area contributed by atoms with Crippen molar-refractivity contribution in [1.29, 1.82) is 0 Å². The Morgan fingerprint density at radius 1 is 1.43 bits per heavy atom. The summed E-state index contributed by atoms with van der Waals surface area (Å²) in [6.07, 6.45) is 3.92. The molecular weight excluding hydrogens is 271 g/mol. The van der Waals surface area contributed by atoms with Crippen molar-refractivity contribution in [1.82, 2.24) is 10.6 Å². The van der Waals surface area contributed by atoms with Crippen LogP contribution in [0.5, 0.6) is 0 Å². The van der Waals surface area contributed by atoms with Gasteiger partial charge in [-0.1, -0.05) is 12.1 Å². The summed E-state index contributed by atoms with van der Waals surface area (Å²) in [5, 5.41) is 5.86. The molecule has 2 N–H and O–H groups in total. The molecule has 1 saturated carbocycles. The van der Waals surface area contributed by atoms with E-state index in [1.165, 1.54) is 6.07 Å². The Hall–Kier alpha value is -1.62. The van der Waals surface area contributed by atoms with Crippen molar-refractivity contribution >= 4 is 6.03 Å². The Morgan fingerprint density at radius 2 is 2.29 bits per heavy atom. The lowest BCUT2D eigenvalue weighted by Gasteiger charge is -2.24. The van der Waals surface area contributed by atoms with E-state index >= 15 is 0 Å². The number of carbonyl (C=O) groups is 1. The lowest BCUT2D eigenvalue weighted by molar-refractivity contribution is 0.0732. The topological polar surface area (TPSA) is 50.4 Å². The maximum Gasteiger partial charge on any atom is 0.315 e. The number of halogens is 1. The first-order chi connectivity index (χ1) is 10.2. The lowest BCUT2D eigenvalue weighted by Crippen LogP contribution is -2.47. The average molecular weight is 292 g/mol. The Labute approximate surface area is 124 Å². The molecule has 1 aromatic carbocycles. The number of rotatable bonds is 4. The van der Waals surface area contributed by atoms with E-state index in [0.717, 1.165) is 37.9 Å². The molecule has 3 rings (SSSR count). The van der Waals surface area contributed by atoms with Crippen molar-refractivity contribution in [3.63, 3.8) is 0 Å². The second kappa shape index (κ2) is 6.02. The zero-order valence-electron chi connectivity index (χ0n) is 12.0. The summed E-state index contributed by atoms with van der Waals surface area (Å²) >= 11 is 0. The fraction of sp³-hybridized carbons (Fsp3) is 0.562. The zero-order chi connectivity index (χ0) is 14.7. The molecular formula is C16H21FN2O2. The minimum atomic E-state index is -0.220. The summed E-state index contributed by atoms with van der Waals surface area (Å²) < 4.78 is 18.7. The lowest BCUT2D eigenvalue weighted by atomic mass is 9.96. The molecule has 114 valence electrons. The third-order valence-corrected chi connectivity index (χ3v) is 4.37. The van der Waals surface area contributed by atoms with Gasteiger partial charge in [0.05, 0.1) is 12.6 Å². The van der Waals surface area contributed by atoms with Crippen LogP contribution in [0.2, 0.25) is 0 Å². The highest BCUT2D eigenvalue weighted by Crippen LogP contribution is 2.47. The van der Waals surface area contributed by atoms with Gasteiger partial charge in [-0.2, -0.15) is 0 Å². The average Bonchev–Trinajstić information content (AvgIpc) is 3.28. The highest BCUT2D eigenvalue weighted by atomic mass is 19.1. The van der Waals surface area contributed by atoms with Gasteiger partial charge in [-0.15, -0.1) is 0 Å². The maximum atomic E-state index is 13.3. The number of ether oxygens (including phenoxy) is 1. The first-order valence-electron chi connectivity index (χ1n) is 7.56. The van der Waals surface area contributed by atoms with Gasteiger partial charge >= 0.3 is 6.03 Å². The molecule has 1 unspecified atom stereocenters. The van der Waals surface area contributed by atoms with E-state index in [2.05, 4.69) is 10.6 Å². The number of benzene rings is 1. The highest BCUT2D eigenvalue weighted by Gasteiger charge is 2.44. The summed E-state index contributed by atoms with van der Waals surface area (Å²) in [5.41, 5.74) is 0.895. The molecule has 2 aliphatic rings. The minimum absolute atomic E-state index is 0.0808. The van der Waals surface area contributed by atoms with E-state index in [1.807, 2.05) is 6.07 Å². The largest absolute Gasteiger partial charge is 0.379 e. The molecule has 21 heavy (non-hydrogen) atoms. The normalized spacial score (nSPS) is 23.4. The predicted molar refractivity (Wildman–Crippen MR) is 77.7 cm³/mol. The molecule has 1 aliphatic heterocycles. The number of hydrogen-bond donors (Lipinski definition) is 2. The zero-order valence-corrected chi connectivity index (χ0v) is 12.0. The summed E-state index contributed by atoms with van der Waals surface area (Å²) in [5.74, 6) is -0.220. The van der Waals surface area contributed by atoms with Crippen LogP contribution in [0.25, 0.3) is 0 Å². The van der Waals surface area contributed by atoms with Crippen LogP contribution in [0.4, 0.5) is 9.18 Å². The third kappa shape index (κ3) is 3.53. The van der Waals surface area contributed by atoms with Crippen molar-refractivity contribution in [2.45, 2.75) is 37.1 Å².